The number of carbonyl (C=O) groups is 1. The molecule has 0 bridgehead atoms. The normalized spacial score (nSPS) is 9.73. The third-order valence-corrected chi connectivity index (χ3v) is 2.27. The van der Waals surface area contributed by atoms with Crippen LogP contribution in [0.3, 0.4) is 0 Å². The summed E-state index contributed by atoms with van der Waals surface area (Å²) in [6.07, 6.45) is 0.795. The monoisotopic (exact) mass is 208 g/mol. The van der Waals surface area contributed by atoms with Gasteiger partial charge in [0.15, 0.2) is 0 Å². The van der Waals surface area contributed by atoms with E-state index in [4.69, 9.17) is 10.5 Å². The number of nitrogens with zero attached hydrogens (tertiary/aromatic N) is 1. The summed E-state index contributed by atoms with van der Waals surface area (Å²) in [5.41, 5.74) is 6.27. The Hall–Kier alpha value is -1.71. The lowest BCUT2D eigenvalue weighted by Gasteiger charge is -2.13. The number of hydrogen-bond acceptors (Lipinski definition) is 2. The van der Waals surface area contributed by atoms with Gasteiger partial charge in [0.2, 0.25) is 0 Å². The van der Waals surface area contributed by atoms with E-state index in [1.807, 2.05) is 24.3 Å². The van der Waals surface area contributed by atoms with E-state index in [1.165, 1.54) is 4.90 Å². The quantitative estimate of drug-likeness (QED) is 0.809. The van der Waals surface area contributed by atoms with Crippen LogP contribution in [0.15, 0.2) is 24.3 Å². The Bertz CT molecular complexity index is 322. The van der Waals surface area contributed by atoms with E-state index in [9.17, 15) is 4.79 Å². The van der Waals surface area contributed by atoms with Crippen molar-refractivity contribution in [3.63, 3.8) is 0 Å². The molecule has 0 aliphatic carbocycles. The molecule has 0 radical (unpaired) electrons. The van der Waals surface area contributed by atoms with Gasteiger partial charge in [-0.2, -0.15) is 0 Å². The minimum atomic E-state index is -0.400. The van der Waals surface area contributed by atoms with E-state index in [0.29, 0.717) is 6.54 Å². The van der Waals surface area contributed by atoms with Crippen LogP contribution in [-0.4, -0.2) is 31.6 Å². The Morgan fingerprint density at radius 3 is 2.47 bits per heavy atom. The van der Waals surface area contributed by atoms with Gasteiger partial charge in [0.05, 0.1) is 7.11 Å². The first-order chi connectivity index (χ1) is 7.13. The number of methoxy groups -OCH3 is 1. The molecule has 0 aromatic heterocycles. The summed E-state index contributed by atoms with van der Waals surface area (Å²) in [5.74, 6) is 0.835. The van der Waals surface area contributed by atoms with Crippen molar-refractivity contribution in [3.05, 3.63) is 29.8 Å². The highest BCUT2D eigenvalue weighted by atomic mass is 16.5. The standard InChI is InChI=1S/C11H16N2O2/c1-13(11(12)14)8-7-9-3-5-10(15-2)6-4-9/h3-6H,7-8H2,1-2H3,(H2,12,14). The van der Waals surface area contributed by atoms with Crippen molar-refractivity contribution in [2.24, 2.45) is 5.73 Å². The Morgan fingerprint density at radius 1 is 1.40 bits per heavy atom. The van der Waals surface area contributed by atoms with Crippen LogP contribution in [0.2, 0.25) is 0 Å². The minimum absolute atomic E-state index is 0.400. The van der Waals surface area contributed by atoms with Crippen molar-refractivity contribution in [3.8, 4) is 5.75 Å². The van der Waals surface area contributed by atoms with E-state index in [-0.39, 0.29) is 0 Å². The molecule has 0 aliphatic heterocycles. The first-order valence-corrected chi connectivity index (χ1v) is 4.77. The van der Waals surface area contributed by atoms with Crippen molar-refractivity contribution in [1.29, 1.82) is 0 Å². The molecule has 1 aromatic rings. The van der Waals surface area contributed by atoms with Gasteiger partial charge in [-0.15, -0.1) is 0 Å². The van der Waals surface area contributed by atoms with Crippen molar-refractivity contribution in [1.82, 2.24) is 4.90 Å². The molecule has 15 heavy (non-hydrogen) atoms. The molecule has 2 amide bonds. The fraction of sp³-hybridized carbons (Fsp3) is 0.364. The van der Waals surface area contributed by atoms with Crippen LogP contribution in [0.1, 0.15) is 5.56 Å². The molecule has 1 aromatic carbocycles. The van der Waals surface area contributed by atoms with E-state index >= 15 is 0 Å². The van der Waals surface area contributed by atoms with Crippen LogP contribution in [-0.2, 0) is 6.42 Å². The Morgan fingerprint density at radius 2 is 2.00 bits per heavy atom. The van der Waals surface area contributed by atoms with Gasteiger partial charge in [0.25, 0.3) is 0 Å². The number of ether oxygens (including phenoxy) is 1. The van der Waals surface area contributed by atoms with Gasteiger partial charge in [-0.1, -0.05) is 12.1 Å². The lowest BCUT2D eigenvalue weighted by atomic mass is 10.1. The molecule has 0 aliphatic rings. The number of carbonyl (C=O) groups excluding carboxylic acids is 1. The molecule has 0 unspecified atom stereocenters. The van der Waals surface area contributed by atoms with Gasteiger partial charge in [-0.05, 0) is 24.1 Å². The van der Waals surface area contributed by atoms with Crippen LogP contribution < -0.4 is 10.5 Å². The first kappa shape index (κ1) is 11.4. The van der Waals surface area contributed by atoms with Gasteiger partial charge in [0, 0.05) is 13.6 Å². The van der Waals surface area contributed by atoms with Gasteiger partial charge < -0.3 is 15.4 Å². The highest BCUT2D eigenvalue weighted by Gasteiger charge is 2.02. The lowest BCUT2D eigenvalue weighted by Crippen LogP contribution is -2.33. The topological polar surface area (TPSA) is 55.6 Å². The van der Waals surface area contributed by atoms with Gasteiger partial charge in [-0.3, -0.25) is 0 Å². The van der Waals surface area contributed by atoms with Crippen molar-refractivity contribution in [2.45, 2.75) is 6.42 Å². The van der Waals surface area contributed by atoms with Crippen LogP contribution >= 0.6 is 0 Å². The summed E-state index contributed by atoms with van der Waals surface area (Å²) >= 11 is 0. The second-order valence-corrected chi connectivity index (χ2v) is 3.36. The number of urea groups is 1. The molecule has 1 rings (SSSR count). The summed E-state index contributed by atoms with van der Waals surface area (Å²) in [7, 11) is 3.32. The molecular formula is C11H16N2O2. The second kappa shape index (κ2) is 5.24. The third-order valence-electron chi connectivity index (χ3n) is 2.27. The van der Waals surface area contributed by atoms with Crippen molar-refractivity contribution >= 4 is 6.03 Å². The number of hydrogen-bond donors (Lipinski definition) is 1. The fourth-order valence-corrected chi connectivity index (χ4v) is 1.20. The third kappa shape index (κ3) is 3.50. The van der Waals surface area contributed by atoms with E-state index in [2.05, 4.69) is 0 Å². The summed E-state index contributed by atoms with van der Waals surface area (Å²) < 4.78 is 5.05. The molecular weight excluding hydrogens is 192 g/mol. The molecule has 0 spiro atoms. The van der Waals surface area contributed by atoms with Gasteiger partial charge in [0.1, 0.15) is 5.75 Å². The number of benzene rings is 1. The smallest absolute Gasteiger partial charge is 0.314 e. The second-order valence-electron chi connectivity index (χ2n) is 3.36. The summed E-state index contributed by atoms with van der Waals surface area (Å²) in [4.78, 5) is 12.2. The van der Waals surface area contributed by atoms with Gasteiger partial charge >= 0.3 is 6.03 Å². The SMILES string of the molecule is COc1ccc(CCN(C)C(N)=O)cc1. The molecule has 2 N–H and O–H groups in total. The van der Waals surface area contributed by atoms with Crippen LogP contribution in [0, 0.1) is 0 Å². The van der Waals surface area contributed by atoms with Crippen LogP contribution in [0.25, 0.3) is 0 Å². The average molecular weight is 208 g/mol. The zero-order valence-electron chi connectivity index (χ0n) is 9.06. The number of rotatable bonds is 4. The Labute approximate surface area is 89.6 Å². The molecule has 4 nitrogen and oxygen atoms in total. The molecule has 0 fully saturated rings. The summed E-state index contributed by atoms with van der Waals surface area (Å²) in [6.45, 7) is 0.627. The number of primary amides is 1. The van der Waals surface area contributed by atoms with Gasteiger partial charge in [-0.25, -0.2) is 4.79 Å². The van der Waals surface area contributed by atoms with E-state index in [1.54, 1.807) is 14.2 Å². The molecule has 4 heteroatoms. The van der Waals surface area contributed by atoms with E-state index < -0.39 is 6.03 Å². The van der Waals surface area contributed by atoms with Crippen LogP contribution in [0.5, 0.6) is 5.75 Å². The Balaban J connectivity index is 2.47. The Kier molecular flexibility index (Phi) is 3.97. The maximum absolute atomic E-state index is 10.7. The maximum atomic E-state index is 10.7. The molecule has 0 atom stereocenters. The maximum Gasteiger partial charge on any atom is 0.314 e. The largest absolute Gasteiger partial charge is 0.497 e. The fourth-order valence-electron chi connectivity index (χ4n) is 1.20. The summed E-state index contributed by atoms with van der Waals surface area (Å²) in [5, 5.41) is 0. The van der Waals surface area contributed by atoms with Crippen molar-refractivity contribution in [2.75, 3.05) is 20.7 Å². The first-order valence-electron chi connectivity index (χ1n) is 4.77. The highest BCUT2D eigenvalue weighted by molar-refractivity contribution is 5.71. The zero-order valence-corrected chi connectivity index (χ0v) is 9.06. The molecule has 0 saturated heterocycles. The molecule has 0 heterocycles. The molecule has 0 saturated carbocycles. The molecule has 82 valence electrons. The van der Waals surface area contributed by atoms with Crippen LogP contribution in [0.4, 0.5) is 4.79 Å². The predicted octanol–water partition coefficient (Wildman–Crippen LogP) is 1.25. The highest BCUT2D eigenvalue weighted by Crippen LogP contribution is 2.11. The number of likely N-dealkylation sites (N-methyl/N-ethyl adjacent to an activating group) is 1. The average Bonchev–Trinajstić information content (AvgIpc) is 2.26. The number of nitrogens with two attached hydrogens (primary N) is 1. The predicted molar refractivity (Wildman–Crippen MR) is 58.9 cm³/mol. The number of amides is 2. The minimum Gasteiger partial charge on any atom is -0.497 e. The zero-order chi connectivity index (χ0) is 11.3. The van der Waals surface area contributed by atoms with E-state index in [0.717, 1.165) is 17.7 Å². The van der Waals surface area contributed by atoms with Crippen molar-refractivity contribution < 1.29 is 9.53 Å². The summed E-state index contributed by atoms with van der Waals surface area (Å²) in [6, 6.07) is 7.36. The lowest BCUT2D eigenvalue weighted by molar-refractivity contribution is 0.219.